The highest BCUT2D eigenvalue weighted by atomic mass is 16.4. The molecule has 0 spiro atoms. The number of benzene rings is 1. The van der Waals surface area contributed by atoms with Crippen LogP contribution in [-0.4, -0.2) is 11.1 Å². The number of aromatic carboxylic acids is 1. The van der Waals surface area contributed by atoms with E-state index in [9.17, 15) is 4.79 Å². The molecule has 0 aliphatic rings. The Balaban J connectivity index is 0. The standard InChI is InChI=1S/C7H7NO2.C5H12.C4H10/c8-6-3-1-5(2-4-6)7(9)10;1-3-5-4-2;1-4(2)3/h1-4H,8H2,(H,9,10);3-5H2,1-2H3;4H,1-3H3. The first-order valence-corrected chi connectivity index (χ1v) is 6.93. The third-order valence-electron chi connectivity index (χ3n) is 1.86. The van der Waals surface area contributed by atoms with Gasteiger partial charge >= 0.3 is 5.97 Å². The highest BCUT2D eigenvalue weighted by Crippen LogP contribution is 2.04. The number of rotatable bonds is 3. The molecule has 0 saturated carbocycles. The van der Waals surface area contributed by atoms with Crippen molar-refractivity contribution < 1.29 is 9.90 Å². The van der Waals surface area contributed by atoms with Gasteiger partial charge in [-0.25, -0.2) is 4.79 Å². The first kappa shape index (κ1) is 19.8. The van der Waals surface area contributed by atoms with Gasteiger partial charge in [0.2, 0.25) is 0 Å². The molecule has 0 heterocycles. The number of nitrogen functional groups attached to an aromatic ring is 1. The van der Waals surface area contributed by atoms with Crippen LogP contribution < -0.4 is 5.73 Å². The second-order valence-corrected chi connectivity index (χ2v) is 5.01. The molecule has 0 fully saturated rings. The first-order chi connectivity index (χ1) is 8.84. The Kier molecular flexibility index (Phi) is 13.5. The van der Waals surface area contributed by atoms with Crippen LogP contribution in [0.2, 0.25) is 0 Å². The molecule has 1 rings (SSSR count). The average Bonchev–Trinajstić information content (AvgIpc) is 2.30. The monoisotopic (exact) mass is 267 g/mol. The third kappa shape index (κ3) is 16.5. The summed E-state index contributed by atoms with van der Waals surface area (Å²) in [6.07, 6.45) is 4.08. The Hall–Kier alpha value is -1.51. The van der Waals surface area contributed by atoms with Crippen LogP contribution in [-0.2, 0) is 0 Å². The number of unbranched alkanes of at least 4 members (excludes halogenated alkanes) is 2. The second-order valence-electron chi connectivity index (χ2n) is 5.01. The van der Waals surface area contributed by atoms with E-state index in [0.717, 1.165) is 5.92 Å². The van der Waals surface area contributed by atoms with Gasteiger partial charge in [0.05, 0.1) is 5.56 Å². The molecule has 0 aliphatic heterocycles. The second kappa shape index (κ2) is 12.9. The molecular formula is C16H29NO2. The van der Waals surface area contributed by atoms with Crippen LogP contribution in [0.1, 0.15) is 64.2 Å². The molecule has 19 heavy (non-hydrogen) atoms. The van der Waals surface area contributed by atoms with Crippen molar-refractivity contribution in [2.24, 2.45) is 5.92 Å². The fourth-order valence-electron chi connectivity index (χ4n) is 0.979. The van der Waals surface area contributed by atoms with Crippen LogP contribution in [0.25, 0.3) is 0 Å². The molecule has 0 atom stereocenters. The van der Waals surface area contributed by atoms with E-state index in [1.807, 2.05) is 0 Å². The quantitative estimate of drug-likeness (QED) is 0.771. The zero-order valence-corrected chi connectivity index (χ0v) is 12.9. The molecule has 3 heteroatoms. The molecule has 0 bridgehead atoms. The lowest BCUT2D eigenvalue weighted by Crippen LogP contribution is -1.95. The number of anilines is 1. The predicted octanol–water partition coefficient (Wildman–Crippen LogP) is 4.83. The van der Waals surface area contributed by atoms with E-state index < -0.39 is 5.97 Å². The summed E-state index contributed by atoms with van der Waals surface area (Å²) in [6, 6.07) is 6.06. The van der Waals surface area contributed by atoms with Gasteiger partial charge in [0.1, 0.15) is 0 Å². The summed E-state index contributed by atoms with van der Waals surface area (Å²) in [7, 11) is 0. The van der Waals surface area contributed by atoms with E-state index in [1.54, 1.807) is 12.1 Å². The number of carboxylic acid groups (broad SMARTS) is 1. The Morgan fingerprint density at radius 2 is 1.47 bits per heavy atom. The SMILES string of the molecule is CC(C)C.CCCCC.Nc1ccc(C(=O)O)cc1. The fraction of sp³-hybridized carbons (Fsp3) is 0.562. The minimum atomic E-state index is -0.931. The van der Waals surface area contributed by atoms with Crippen molar-refractivity contribution in [2.45, 2.75) is 53.9 Å². The number of hydrogen-bond donors (Lipinski definition) is 2. The predicted molar refractivity (Wildman–Crippen MR) is 83.5 cm³/mol. The van der Waals surface area contributed by atoms with Crippen LogP contribution in [0.4, 0.5) is 5.69 Å². The van der Waals surface area contributed by atoms with Gasteiger partial charge in [-0.2, -0.15) is 0 Å². The van der Waals surface area contributed by atoms with Crippen molar-refractivity contribution in [3.05, 3.63) is 29.8 Å². The zero-order valence-electron chi connectivity index (χ0n) is 12.9. The van der Waals surface area contributed by atoms with E-state index in [1.165, 1.54) is 31.4 Å². The van der Waals surface area contributed by atoms with Gasteiger partial charge in [-0.1, -0.05) is 53.9 Å². The van der Waals surface area contributed by atoms with Gasteiger partial charge in [-0.05, 0) is 30.2 Å². The summed E-state index contributed by atoms with van der Waals surface area (Å²) in [5.74, 6) is -0.0972. The molecule has 0 amide bonds. The average molecular weight is 267 g/mol. The van der Waals surface area contributed by atoms with Crippen LogP contribution in [0, 0.1) is 5.92 Å². The summed E-state index contributed by atoms with van der Waals surface area (Å²) in [5, 5.41) is 8.43. The number of nitrogens with two attached hydrogens (primary N) is 1. The van der Waals surface area contributed by atoms with Crippen molar-refractivity contribution >= 4 is 11.7 Å². The number of carbonyl (C=O) groups is 1. The first-order valence-electron chi connectivity index (χ1n) is 6.93. The van der Waals surface area contributed by atoms with Crippen molar-refractivity contribution in [1.82, 2.24) is 0 Å². The Morgan fingerprint density at radius 3 is 1.68 bits per heavy atom. The van der Waals surface area contributed by atoms with E-state index in [2.05, 4.69) is 34.6 Å². The zero-order chi connectivity index (χ0) is 15.3. The molecule has 1 aromatic carbocycles. The molecule has 0 saturated heterocycles. The van der Waals surface area contributed by atoms with Gasteiger partial charge in [0.15, 0.2) is 0 Å². The van der Waals surface area contributed by atoms with Crippen LogP contribution in [0.5, 0.6) is 0 Å². The molecule has 1 aromatic rings. The Bertz CT molecular complexity index is 313. The molecule has 3 N–H and O–H groups in total. The highest BCUT2D eigenvalue weighted by Gasteiger charge is 1.98. The molecule has 0 aliphatic carbocycles. The van der Waals surface area contributed by atoms with Crippen LogP contribution in [0.15, 0.2) is 24.3 Å². The summed E-state index contributed by atoms with van der Waals surface area (Å²) in [6.45, 7) is 10.9. The summed E-state index contributed by atoms with van der Waals surface area (Å²) in [4.78, 5) is 10.3. The van der Waals surface area contributed by atoms with Gasteiger partial charge in [0.25, 0.3) is 0 Å². The maximum atomic E-state index is 10.3. The summed E-state index contributed by atoms with van der Waals surface area (Å²) in [5.41, 5.74) is 6.17. The maximum absolute atomic E-state index is 10.3. The minimum Gasteiger partial charge on any atom is -0.478 e. The molecule has 0 unspecified atom stereocenters. The molecular weight excluding hydrogens is 238 g/mol. The molecule has 3 nitrogen and oxygen atoms in total. The number of hydrogen-bond acceptors (Lipinski definition) is 2. The lowest BCUT2D eigenvalue weighted by Gasteiger charge is -1.93. The van der Waals surface area contributed by atoms with Crippen LogP contribution in [0.3, 0.4) is 0 Å². The largest absolute Gasteiger partial charge is 0.478 e. The molecule has 110 valence electrons. The highest BCUT2D eigenvalue weighted by molar-refractivity contribution is 5.87. The maximum Gasteiger partial charge on any atom is 0.335 e. The minimum absolute atomic E-state index is 0.259. The van der Waals surface area contributed by atoms with E-state index in [-0.39, 0.29) is 5.56 Å². The topological polar surface area (TPSA) is 63.3 Å². The fourth-order valence-corrected chi connectivity index (χ4v) is 0.979. The normalized spacial score (nSPS) is 8.95. The Morgan fingerprint density at radius 1 is 1.11 bits per heavy atom. The summed E-state index contributed by atoms with van der Waals surface area (Å²) < 4.78 is 0. The molecule has 0 aromatic heterocycles. The lowest BCUT2D eigenvalue weighted by molar-refractivity contribution is 0.0697. The van der Waals surface area contributed by atoms with Crippen molar-refractivity contribution in [3.63, 3.8) is 0 Å². The smallest absolute Gasteiger partial charge is 0.335 e. The number of carboxylic acids is 1. The molecule has 0 radical (unpaired) electrons. The lowest BCUT2D eigenvalue weighted by atomic mass is 10.2. The van der Waals surface area contributed by atoms with Crippen molar-refractivity contribution in [1.29, 1.82) is 0 Å². The van der Waals surface area contributed by atoms with Crippen LogP contribution >= 0.6 is 0 Å². The third-order valence-corrected chi connectivity index (χ3v) is 1.86. The van der Waals surface area contributed by atoms with Crippen molar-refractivity contribution in [3.8, 4) is 0 Å². The van der Waals surface area contributed by atoms with Crippen molar-refractivity contribution in [2.75, 3.05) is 5.73 Å². The van der Waals surface area contributed by atoms with Gasteiger partial charge < -0.3 is 10.8 Å². The van der Waals surface area contributed by atoms with Gasteiger partial charge in [-0.3, -0.25) is 0 Å². The Labute approximate surface area is 117 Å². The summed E-state index contributed by atoms with van der Waals surface area (Å²) >= 11 is 0. The van der Waals surface area contributed by atoms with E-state index in [0.29, 0.717) is 5.69 Å². The van der Waals surface area contributed by atoms with E-state index in [4.69, 9.17) is 10.8 Å². The van der Waals surface area contributed by atoms with E-state index >= 15 is 0 Å². The van der Waals surface area contributed by atoms with Gasteiger partial charge in [-0.15, -0.1) is 0 Å². The van der Waals surface area contributed by atoms with Gasteiger partial charge in [0, 0.05) is 5.69 Å².